The fourth-order valence-corrected chi connectivity index (χ4v) is 4.19. The van der Waals surface area contributed by atoms with E-state index in [2.05, 4.69) is 39.7 Å². The van der Waals surface area contributed by atoms with Crippen LogP contribution in [0, 0.1) is 11.8 Å². The minimum absolute atomic E-state index is 0.172. The molecule has 1 aliphatic carbocycles. The van der Waals surface area contributed by atoms with Gasteiger partial charge < -0.3 is 4.74 Å². The van der Waals surface area contributed by atoms with E-state index in [0.717, 1.165) is 37.1 Å². The van der Waals surface area contributed by atoms with E-state index in [0.29, 0.717) is 11.6 Å². The predicted molar refractivity (Wildman–Crippen MR) is 111 cm³/mol. The molecule has 2 aromatic rings. The maximum Gasteiger partial charge on any atom is 0.314 e. The Kier molecular flexibility index (Phi) is 5.45. The molecule has 0 atom stereocenters. The third-order valence-electron chi connectivity index (χ3n) is 5.52. The van der Waals surface area contributed by atoms with Crippen LogP contribution in [0.2, 0.25) is 5.02 Å². The first kappa shape index (κ1) is 19.7. The molecule has 0 saturated heterocycles. The number of hydrogen-bond acceptors (Lipinski definition) is 4. The topological polar surface area (TPSA) is 46.6 Å². The van der Waals surface area contributed by atoms with Crippen LogP contribution in [0.5, 0.6) is 0 Å². The molecule has 2 aromatic carbocycles. The average molecular weight is 408 g/mol. The molecule has 0 N–H and O–H groups in total. The van der Waals surface area contributed by atoms with Gasteiger partial charge in [0, 0.05) is 48.1 Å². The Morgan fingerprint density at radius 1 is 1.14 bits per heavy atom. The zero-order chi connectivity index (χ0) is 20.4. The second-order valence-corrected chi connectivity index (χ2v) is 8.28. The van der Waals surface area contributed by atoms with Gasteiger partial charge in [-0.3, -0.25) is 14.5 Å². The molecular formula is C24H22ClNO3. The first-order chi connectivity index (χ1) is 13.9. The van der Waals surface area contributed by atoms with Crippen LogP contribution in [0.4, 0.5) is 0 Å². The first-order valence-electron chi connectivity index (χ1n) is 9.78. The van der Waals surface area contributed by atoms with Gasteiger partial charge in [0.1, 0.15) is 0 Å². The molecule has 148 valence electrons. The summed E-state index contributed by atoms with van der Waals surface area (Å²) in [5.41, 5.74) is 4.76. The van der Waals surface area contributed by atoms with Gasteiger partial charge in [0.25, 0.3) is 0 Å². The highest BCUT2D eigenvalue weighted by Crippen LogP contribution is 2.52. The monoisotopic (exact) mass is 407 g/mol. The highest BCUT2D eigenvalue weighted by atomic mass is 35.5. The molecular weight excluding hydrogens is 386 g/mol. The van der Waals surface area contributed by atoms with Crippen molar-refractivity contribution >= 4 is 23.5 Å². The lowest BCUT2D eigenvalue weighted by molar-refractivity contribution is -0.158. The van der Waals surface area contributed by atoms with Gasteiger partial charge in [-0.15, -0.1) is 0 Å². The molecule has 1 spiro atoms. The highest BCUT2D eigenvalue weighted by molar-refractivity contribution is 6.30. The standard InChI is InChI=1S/C24H22ClNO3/c1-17(27)29-23(28)9-12-26-15-20-8-7-19(14-22(20)24(16-26)10-11-24)6-5-18-3-2-4-21(25)13-18/h2-4,7-8,13-14H,9-12,15-16H2,1H3. The van der Waals surface area contributed by atoms with Crippen molar-refractivity contribution in [2.45, 2.75) is 38.1 Å². The molecule has 4 rings (SSSR count). The number of nitrogens with zero attached hydrogens (tertiary/aromatic N) is 1. The van der Waals surface area contributed by atoms with E-state index < -0.39 is 11.9 Å². The van der Waals surface area contributed by atoms with E-state index >= 15 is 0 Å². The number of fused-ring (bicyclic) bond motifs is 2. The van der Waals surface area contributed by atoms with Crippen molar-refractivity contribution in [3.05, 3.63) is 69.7 Å². The molecule has 1 aliphatic heterocycles. The Morgan fingerprint density at radius 3 is 2.59 bits per heavy atom. The summed E-state index contributed by atoms with van der Waals surface area (Å²) < 4.78 is 4.64. The third-order valence-corrected chi connectivity index (χ3v) is 5.76. The Hall–Kier alpha value is -2.61. The van der Waals surface area contributed by atoms with Gasteiger partial charge in [0.15, 0.2) is 0 Å². The summed E-state index contributed by atoms with van der Waals surface area (Å²) in [5.74, 6) is 5.44. The molecule has 5 heteroatoms. The van der Waals surface area contributed by atoms with Crippen molar-refractivity contribution in [1.82, 2.24) is 4.90 Å². The SMILES string of the molecule is CC(=O)OC(=O)CCN1Cc2ccc(C#Cc3cccc(Cl)c3)cc2C2(CC2)C1. The van der Waals surface area contributed by atoms with E-state index in [9.17, 15) is 9.59 Å². The van der Waals surface area contributed by atoms with Gasteiger partial charge in [0.05, 0.1) is 6.42 Å². The summed E-state index contributed by atoms with van der Waals surface area (Å²) in [4.78, 5) is 24.9. The van der Waals surface area contributed by atoms with E-state index in [1.807, 2.05) is 24.3 Å². The van der Waals surface area contributed by atoms with Gasteiger partial charge in [0.2, 0.25) is 0 Å². The summed E-state index contributed by atoms with van der Waals surface area (Å²) in [5, 5.41) is 0.687. The quantitative estimate of drug-likeness (QED) is 0.437. The first-order valence-corrected chi connectivity index (χ1v) is 10.2. The number of carbonyl (C=O) groups is 2. The zero-order valence-corrected chi connectivity index (χ0v) is 17.1. The second kappa shape index (κ2) is 8.02. The van der Waals surface area contributed by atoms with E-state index in [1.165, 1.54) is 18.1 Å². The third kappa shape index (κ3) is 4.70. The van der Waals surface area contributed by atoms with Crippen LogP contribution in [-0.4, -0.2) is 29.9 Å². The Labute approximate surface area is 175 Å². The molecule has 1 fully saturated rings. The van der Waals surface area contributed by atoms with Crippen LogP contribution in [0.25, 0.3) is 0 Å². The van der Waals surface area contributed by atoms with Crippen molar-refractivity contribution in [2.75, 3.05) is 13.1 Å². The Morgan fingerprint density at radius 2 is 1.90 bits per heavy atom. The minimum Gasteiger partial charge on any atom is -0.393 e. The summed E-state index contributed by atoms with van der Waals surface area (Å²) in [6.07, 6.45) is 2.54. The van der Waals surface area contributed by atoms with E-state index in [1.54, 1.807) is 0 Å². The maximum absolute atomic E-state index is 11.7. The normalized spacial score (nSPS) is 16.5. The Bertz CT molecular complexity index is 1030. The summed E-state index contributed by atoms with van der Waals surface area (Å²) >= 11 is 6.03. The largest absolute Gasteiger partial charge is 0.393 e. The van der Waals surface area contributed by atoms with E-state index in [-0.39, 0.29) is 11.8 Å². The fourth-order valence-electron chi connectivity index (χ4n) is 4.00. The van der Waals surface area contributed by atoms with E-state index in [4.69, 9.17) is 11.6 Å². The number of benzene rings is 2. The van der Waals surface area contributed by atoms with Crippen molar-refractivity contribution < 1.29 is 14.3 Å². The molecule has 1 saturated carbocycles. The number of halogens is 1. The molecule has 1 heterocycles. The zero-order valence-electron chi connectivity index (χ0n) is 16.3. The minimum atomic E-state index is -0.552. The van der Waals surface area contributed by atoms with Crippen LogP contribution in [0.1, 0.15) is 48.4 Å². The molecule has 2 aliphatic rings. The van der Waals surface area contributed by atoms with Crippen LogP contribution in [0.3, 0.4) is 0 Å². The summed E-state index contributed by atoms with van der Waals surface area (Å²) in [6, 6.07) is 14.0. The number of carbonyl (C=O) groups excluding carboxylic acids is 2. The van der Waals surface area contributed by atoms with Crippen LogP contribution in [0.15, 0.2) is 42.5 Å². The van der Waals surface area contributed by atoms with Gasteiger partial charge >= 0.3 is 11.9 Å². The maximum atomic E-state index is 11.7. The Balaban J connectivity index is 1.48. The van der Waals surface area contributed by atoms with Crippen molar-refractivity contribution in [3.63, 3.8) is 0 Å². The van der Waals surface area contributed by atoms with Crippen molar-refractivity contribution in [2.24, 2.45) is 0 Å². The van der Waals surface area contributed by atoms with Gasteiger partial charge in [-0.05, 0) is 54.3 Å². The van der Waals surface area contributed by atoms with Crippen LogP contribution >= 0.6 is 11.6 Å². The lowest BCUT2D eigenvalue weighted by atomic mass is 9.85. The second-order valence-electron chi connectivity index (χ2n) is 7.84. The number of rotatable bonds is 3. The molecule has 0 bridgehead atoms. The predicted octanol–water partition coefficient (Wildman–Crippen LogP) is 4.07. The number of esters is 2. The number of hydrogen-bond donors (Lipinski definition) is 0. The molecule has 4 nitrogen and oxygen atoms in total. The van der Waals surface area contributed by atoms with Crippen LogP contribution in [-0.2, 0) is 26.3 Å². The lowest BCUT2D eigenvalue weighted by Crippen LogP contribution is -2.39. The highest BCUT2D eigenvalue weighted by Gasteiger charge is 2.48. The molecule has 0 aromatic heterocycles. The number of ether oxygens (including phenoxy) is 1. The van der Waals surface area contributed by atoms with Crippen molar-refractivity contribution in [3.8, 4) is 11.8 Å². The van der Waals surface area contributed by atoms with Gasteiger partial charge in [-0.25, -0.2) is 0 Å². The fraction of sp³-hybridized carbons (Fsp3) is 0.333. The molecule has 0 radical (unpaired) electrons. The van der Waals surface area contributed by atoms with Gasteiger partial charge in [-0.1, -0.05) is 35.6 Å². The average Bonchev–Trinajstić information content (AvgIpc) is 3.44. The van der Waals surface area contributed by atoms with Crippen molar-refractivity contribution in [1.29, 1.82) is 0 Å². The molecule has 29 heavy (non-hydrogen) atoms. The lowest BCUT2D eigenvalue weighted by Gasteiger charge is -2.35. The molecule has 0 unspecified atom stereocenters. The summed E-state index contributed by atoms with van der Waals surface area (Å²) in [6.45, 7) is 3.58. The van der Waals surface area contributed by atoms with Crippen LogP contribution < -0.4 is 0 Å². The molecule has 0 amide bonds. The smallest absolute Gasteiger partial charge is 0.314 e. The van der Waals surface area contributed by atoms with Gasteiger partial charge in [-0.2, -0.15) is 0 Å². The summed E-state index contributed by atoms with van der Waals surface area (Å²) in [7, 11) is 0.